The van der Waals surface area contributed by atoms with Gasteiger partial charge in [-0.1, -0.05) is 12.1 Å². The van der Waals surface area contributed by atoms with E-state index in [1.807, 2.05) is 24.3 Å². The molecule has 1 aliphatic rings. The normalized spacial score (nSPS) is 13.0. The van der Waals surface area contributed by atoms with Gasteiger partial charge in [-0.2, -0.15) is 0 Å². The number of aryl methyl sites for hydroxylation is 2. The van der Waals surface area contributed by atoms with E-state index in [0.29, 0.717) is 45.5 Å². The van der Waals surface area contributed by atoms with E-state index >= 15 is 0 Å². The van der Waals surface area contributed by atoms with Crippen LogP contribution >= 0.6 is 0 Å². The molecule has 0 saturated heterocycles. The molecule has 0 aliphatic carbocycles. The first-order valence-electron chi connectivity index (χ1n) is 14.4. The zero-order chi connectivity index (χ0) is 31.6. The van der Waals surface area contributed by atoms with Crippen molar-refractivity contribution in [3.63, 3.8) is 0 Å². The number of aromatic nitrogens is 2. The van der Waals surface area contributed by atoms with Gasteiger partial charge in [-0.3, -0.25) is 9.10 Å². The monoisotopic (exact) mass is 626 g/mol. The molecule has 45 heavy (non-hydrogen) atoms. The Hall–Kier alpha value is -5.03. The Morgan fingerprint density at radius 2 is 1.80 bits per heavy atom. The Kier molecular flexibility index (Phi) is 6.74. The maximum absolute atomic E-state index is 14.8. The molecule has 0 unspecified atom stereocenters. The SMILES string of the molecule is CNC(=O)c1c(-c2ccc(F)cc2)oc2cc(N(C)S(C)(=O)=O)c(-c3ccc4c(n3)-c3cc5c(F)cccc5n3CCC4)cc12. The number of pyridine rings is 1. The third-order valence-electron chi connectivity index (χ3n) is 8.42. The van der Waals surface area contributed by atoms with Gasteiger partial charge < -0.3 is 14.3 Å². The Bertz CT molecular complexity index is 2270. The number of benzene rings is 3. The second-order valence-electron chi connectivity index (χ2n) is 11.1. The first-order valence-corrected chi connectivity index (χ1v) is 16.2. The van der Waals surface area contributed by atoms with Gasteiger partial charge in [0.2, 0.25) is 10.0 Å². The minimum absolute atomic E-state index is 0.218. The molecule has 3 aromatic heterocycles. The number of amides is 1. The highest BCUT2D eigenvalue weighted by Gasteiger charge is 2.27. The Balaban J connectivity index is 1.51. The largest absolute Gasteiger partial charge is 0.455 e. The smallest absolute Gasteiger partial charge is 0.255 e. The number of furan rings is 1. The molecule has 3 aromatic carbocycles. The summed E-state index contributed by atoms with van der Waals surface area (Å²) in [6.07, 6.45) is 2.70. The van der Waals surface area contributed by atoms with Gasteiger partial charge >= 0.3 is 0 Å². The Labute approximate surface area is 258 Å². The van der Waals surface area contributed by atoms with Gasteiger partial charge in [-0.25, -0.2) is 22.2 Å². The molecule has 1 aliphatic heterocycles. The van der Waals surface area contributed by atoms with E-state index in [1.165, 1.54) is 44.4 Å². The lowest BCUT2D eigenvalue weighted by Gasteiger charge is -2.21. The van der Waals surface area contributed by atoms with Gasteiger partial charge in [0.1, 0.15) is 23.0 Å². The standard InChI is InChI=1S/C34H28F2N4O4S/c1-37-34(41)31-24-16-23(28(39(2)45(3,42)43)18-30(24)44-33(31)20-9-12-21(35)13-10-20)26-14-11-19-6-5-15-40-27-8-4-7-25(36)22(27)17-29(40)32(19)38-26/h4,7-14,16-18H,5-6,15H2,1-3H3,(H,37,41). The zero-order valence-electron chi connectivity index (χ0n) is 24.7. The molecule has 11 heteroatoms. The average Bonchev–Trinajstić information content (AvgIpc) is 3.53. The lowest BCUT2D eigenvalue weighted by Crippen LogP contribution is -2.25. The summed E-state index contributed by atoms with van der Waals surface area (Å²) in [5, 5.41) is 3.59. The first kappa shape index (κ1) is 28.7. The first-order chi connectivity index (χ1) is 21.5. The van der Waals surface area contributed by atoms with Crippen LogP contribution in [0.15, 0.2) is 77.2 Å². The number of nitrogens with zero attached hydrogens (tertiary/aromatic N) is 3. The Morgan fingerprint density at radius 1 is 1.02 bits per heavy atom. The van der Waals surface area contributed by atoms with Crippen LogP contribution in [-0.4, -0.2) is 44.2 Å². The maximum atomic E-state index is 14.8. The van der Waals surface area contributed by atoms with Crippen LogP contribution in [0.3, 0.4) is 0 Å². The van der Waals surface area contributed by atoms with Crippen molar-refractivity contribution in [1.29, 1.82) is 0 Å². The highest BCUT2D eigenvalue weighted by Crippen LogP contribution is 2.42. The molecule has 8 nitrogen and oxygen atoms in total. The molecule has 0 spiro atoms. The molecule has 0 saturated carbocycles. The number of hydrogen-bond donors (Lipinski definition) is 1. The van der Waals surface area contributed by atoms with Gasteiger partial charge in [-0.05, 0) is 73.0 Å². The van der Waals surface area contributed by atoms with Crippen LogP contribution in [0.4, 0.5) is 14.5 Å². The summed E-state index contributed by atoms with van der Waals surface area (Å²) in [6.45, 7) is 0.693. The maximum Gasteiger partial charge on any atom is 0.255 e. The molecule has 0 fully saturated rings. The fourth-order valence-electron chi connectivity index (χ4n) is 6.11. The molecule has 0 atom stereocenters. The van der Waals surface area contributed by atoms with Crippen molar-refractivity contribution in [2.24, 2.45) is 0 Å². The molecule has 228 valence electrons. The van der Waals surface area contributed by atoms with Gasteiger partial charge in [-0.15, -0.1) is 0 Å². The highest BCUT2D eigenvalue weighted by molar-refractivity contribution is 7.92. The van der Waals surface area contributed by atoms with Gasteiger partial charge in [0.25, 0.3) is 5.91 Å². The van der Waals surface area contributed by atoms with Crippen molar-refractivity contribution >= 4 is 43.5 Å². The van der Waals surface area contributed by atoms with E-state index in [0.717, 1.165) is 40.2 Å². The zero-order valence-corrected chi connectivity index (χ0v) is 25.5. The highest BCUT2D eigenvalue weighted by atomic mass is 32.2. The van der Waals surface area contributed by atoms with Crippen LogP contribution in [0.25, 0.3) is 55.8 Å². The van der Waals surface area contributed by atoms with Crippen LogP contribution in [0.2, 0.25) is 0 Å². The van der Waals surface area contributed by atoms with E-state index in [-0.39, 0.29) is 22.7 Å². The summed E-state index contributed by atoms with van der Waals surface area (Å²) in [5.41, 5.74) is 5.41. The third kappa shape index (κ3) is 4.74. The molecule has 0 radical (unpaired) electrons. The second kappa shape index (κ2) is 10.6. The second-order valence-corrected chi connectivity index (χ2v) is 13.2. The van der Waals surface area contributed by atoms with Gasteiger partial charge in [0.15, 0.2) is 0 Å². The molecule has 1 amide bonds. The number of carbonyl (C=O) groups excluding carboxylic acids is 1. The number of fused-ring (bicyclic) bond motifs is 6. The lowest BCUT2D eigenvalue weighted by molar-refractivity contribution is 0.0964. The summed E-state index contributed by atoms with van der Waals surface area (Å²) in [5.74, 6) is -0.959. The van der Waals surface area contributed by atoms with E-state index in [9.17, 15) is 22.0 Å². The number of hydrogen-bond acceptors (Lipinski definition) is 5. The van der Waals surface area contributed by atoms with Crippen molar-refractivity contribution in [2.45, 2.75) is 19.4 Å². The quantitative estimate of drug-likeness (QED) is 0.228. The summed E-state index contributed by atoms with van der Waals surface area (Å²) >= 11 is 0. The number of halogens is 2. The van der Waals surface area contributed by atoms with E-state index in [1.54, 1.807) is 18.2 Å². The fourth-order valence-corrected chi connectivity index (χ4v) is 6.61. The summed E-state index contributed by atoms with van der Waals surface area (Å²) in [4.78, 5) is 18.3. The van der Waals surface area contributed by atoms with Gasteiger partial charge in [0.05, 0.1) is 40.1 Å². The summed E-state index contributed by atoms with van der Waals surface area (Å²) < 4.78 is 63.6. The van der Waals surface area contributed by atoms with Crippen molar-refractivity contribution in [3.05, 3.63) is 95.6 Å². The number of rotatable bonds is 5. The number of carbonyl (C=O) groups is 1. The summed E-state index contributed by atoms with van der Waals surface area (Å²) in [6, 6.07) is 19.5. The van der Waals surface area contributed by atoms with Crippen LogP contribution in [0, 0.1) is 11.6 Å². The van der Waals surface area contributed by atoms with Crippen molar-refractivity contribution in [2.75, 3.05) is 24.7 Å². The van der Waals surface area contributed by atoms with E-state index < -0.39 is 21.7 Å². The molecular formula is C34H28F2N4O4S. The van der Waals surface area contributed by atoms with Gasteiger partial charge in [0, 0.05) is 48.6 Å². The molecule has 4 heterocycles. The van der Waals surface area contributed by atoms with Crippen LogP contribution in [0.5, 0.6) is 0 Å². The van der Waals surface area contributed by atoms with Crippen molar-refractivity contribution in [1.82, 2.24) is 14.9 Å². The molecular weight excluding hydrogens is 598 g/mol. The molecule has 6 aromatic rings. The van der Waals surface area contributed by atoms with Crippen molar-refractivity contribution in [3.8, 4) is 34.0 Å². The predicted molar refractivity (Wildman–Crippen MR) is 171 cm³/mol. The fraction of sp³-hybridized carbons (Fsp3) is 0.176. The van der Waals surface area contributed by atoms with Crippen LogP contribution < -0.4 is 9.62 Å². The van der Waals surface area contributed by atoms with E-state index in [2.05, 4.69) is 9.88 Å². The topological polar surface area (TPSA) is 97.4 Å². The minimum atomic E-state index is -3.73. The Morgan fingerprint density at radius 3 is 2.53 bits per heavy atom. The average molecular weight is 627 g/mol. The number of anilines is 1. The van der Waals surface area contributed by atoms with Crippen molar-refractivity contribution < 1.29 is 26.4 Å². The molecule has 7 rings (SSSR count). The minimum Gasteiger partial charge on any atom is -0.455 e. The van der Waals surface area contributed by atoms with E-state index in [4.69, 9.17) is 9.40 Å². The van der Waals surface area contributed by atoms with Crippen LogP contribution in [-0.2, 0) is 23.0 Å². The summed E-state index contributed by atoms with van der Waals surface area (Å²) in [7, 11) is -0.797. The molecule has 0 bridgehead atoms. The molecule has 1 N–H and O–H groups in total. The lowest BCUT2D eigenvalue weighted by atomic mass is 9.99. The number of nitrogens with one attached hydrogen (secondary N) is 1. The predicted octanol–water partition coefficient (Wildman–Crippen LogP) is 6.76. The van der Waals surface area contributed by atoms with Crippen LogP contribution in [0.1, 0.15) is 22.3 Å². The third-order valence-corrected chi connectivity index (χ3v) is 9.61. The number of sulfonamides is 1.